The Morgan fingerprint density at radius 3 is 2.14 bits per heavy atom. The summed E-state index contributed by atoms with van der Waals surface area (Å²) < 4.78 is 0. The van der Waals surface area contributed by atoms with Crippen LogP contribution in [0.25, 0.3) is 0 Å². The minimum atomic E-state index is -0.796. The highest BCUT2D eigenvalue weighted by Crippen LogP contribution is 2.02. The summed E-state index contributed by atoms with van der Waals surface area (Å²) in [6.45, 7) is 6.61. The van der Waals surface area contributed by atoms with E-state index in [0.717, 1.165) is 0 Å². The Hall–Kier alpha value is -0.900. The van der Waals surface area contributed by atoms with Gasteiger partial charge in [0, 0.05) is 5.92 Å². The molecule has 0 aromatic carbocycles. The second-order valence-corrected chi connectivity index (χ2v) is 3.73. The average molecular weight is 201 g/mol. The summed E-state index contributed by atoms with van der Waals surface area (Å²) in [6, 6.07) is -0.769. The van der Waals surface area contributed by atoms with Crippen molar-refractivity contribution in [1.29, 1.82) is 0 Å². The lowest BCUT2D eigenvalue weighted by molar-refractivity contribution is -0.131. The van der Waals surface area contributed by atoms with E-state index in [-0.39, 0.29) is 17.6 Å². The van der Waals surface area contributed by atoms with Crippen molar-refractivity contribution >= 4 is 11.7 Å². The molecule has 4 nitrogen and oxygen atoms in total. The van der Waals surface area contributed by atoms with Gasteiger partial charge in [0.1, 0.15) is 6.04 Å². The number of amides is 1. The molecule has 0 bridgehead atoms. The number of carbonyl (C=O) groups excluding carboxylic acids is 2. The molecule has 0 spiro atoms. The summed E-state index contributed by atoms with van der Waals surface area (Å²) in [7, 11) is 0. The molecule has 0 aromatic rings. The Labute approximate surface area is 84.7 Å². The second-order valence-electron chi connectivity index (χ2n) is 3.73. The summed E-state index contributed by atoms with van der Waals surface area (Å²) in [5.41, 5.74) is 0. The van der Waals surface area contributed by atoms with Crippen molar-refractivity contribution in [3.63, 3.8) is 0 Å². The lowest BCUT2D eigenvalue weighted by atomic mass is 10.0. The number of aliphatic hydroxyl groups excluding tert-OH is 1. The van der Waals surface area contributed by atoms with E-state index in [2.05, 4.69) is 5.32 Å². The molecule has 1 amide bonds. The third-order valence-corrected chi connectivity index (χ3v) is 2.06. The summed E-state index contributed by atoms with van der Waals surface area (Å²) in [4.78, 5) is 22.4. The molecule has 14 heavy (non-hydrogen) atoms. The van der Waals surface area contributed by atoms with Crippen LogP contribution in [0.15, 0.2) is 0 Å². The minimum Gasteiger partial charge on any atom is -0.391 e. The quantitative estimate of drug-likeness (QED) is 0.680. The monoisotopic (exact) mass is 201 g/mol. The molecule has 2 unspecified atom stereocenters. The average Bonchev–Trinajstić information content (AvgIpc) is 2.11. The molecule has 0 heterocycles. The number of hydrogen-bond donors (Lipinski definition) is 2. The van der Waals surface area contributed by atoms with Crippen LogP contribution in [0.2, 0.25) is 0 Å². The zero-order valence-corrected chi connectivity index (χ0v) is 9.20. The first-order valence-corrected chi connectivity index (χ1v) is 4.89. The van der Waals surface area contributed by atoms with E-state index in [9.17, 15) is 14.7 Å². The van der Waals surface area contributed by atoms with E-state index in [1.54, 1.807) is 20.8 Å². The van der Waals surface area contributed by atoms with Gasteiger partial charge < -0.3 is 10.4 Å². The highest BCUT2D eigenvalue weighted by Gasteiger charge is 2.24. The van der Waals surface area contributed by atoms with Crippen molar-refractivity contribution < 1.29 is 14.7 Å². The SMILES string of the molecule is CCC(O)C(NC(=O)C(C)C)C(C)=O. The highest BCUT2D eigenvalue weighted by molar-refractivity contribution is 5.88. The van der Waals surface area contributed by atoms with Crippen molar-refractivity contribution in [3.8, 4) is 0 Å². The van der Waals surface area contributed by atoms with Gasteiger partial charge in [0.25, 0.3) is 0 Å². The van der Waals surface area contributed by atoms with Crippen molar-refractivity contribution in [2.45, 2.75) is 46.3 Å². The number of rotatable bonds is 5. The maximum Gasteiger partial charge on any atom is 0.223 e. The first-order chi connectivity index (χ1) is 6.40. The number of nitrogens with one attached hydrogen (secondary N) is 1. The lowest BCUT2D eigenvalue weighted by Gasteiger charge is -2.21. The van der Waals surface area contributed by atoms with Crippen LogP contribution in [0.3, 0.4) is 0 Å². The van der Waals surface area contributed by atoms with Crippen LogP contribution in [-0.2, 0) is 9.59 Å². The molecule has 0 aliphatic rings. The molecule has 0 radical (unpaired) electrons. The topological polar surface area (TPSA) is 66.4 Å². The molecule has 2 N–H and O–H groups in total. The van der Waals surface area contributed by atoms with Crippen LogP contribution in [0.4, 0.5) is 0 Å². The molecular formula is C10H19NO3. The minimum absolute atomic E-state index is 0.180. The summed E-state index contributed by atoms with van der Waals surface area (Å²) in [5, 5.41) is 12.0. The van der Waals surface area contributed by atoms with E-state index in [0.29, 0.717) is 6.42 Å². The van der Waals surface area contributed by atoms with E-state index in [4.69, 9.17) is 0 Å². The molecule has 0 aromatic heterocycles. The standard InChI is InChI=1S/C10H19NO3/c1-5-8(13)9(7(4)12)11-10(14)6(2)3/h6,8-9,13H,5H2,1-4H3,(H,11,14). The second kappa shape index (κ2) is 5.75. The highest BCUT2D eigenvalue weighted by atomic mass is 16.3. The molecule has 0 aliphatic carbocycles. The van der Waals surface area contributed by atoms with Gasteiger partial charge in [-0.05, 0) is 13.3 Å². The van der Waals surface area contributed by atoms with Crippen molar-refractivity contribution in [1.82, 2.24) is 5.32 Å². The van der Waals surface area contributed by atoms with Crippen LogP contribution in [0.1, 0.15) is 34.1 Å². The maximum atomic E-state index is 11.3. The summed E-state index contributed by atoms with van der Waals surface area (Å²) in [6.07, 6.45) is -0.349. The Balaban J connectivity index is 4.38. The zero-order valence-electron chi connectivity index (χ0n) is 9.20. The predicted molar refractivity (Wildman–Crippen MR) is 53.7 cm³/mol. The first kappa shape index (κ1) is 13.1. The van der Waals surface area contributed by atoms with Gasteiger partial charge in [-0.2, -0.15) is 0 Å². The maximum absolute atomic E-state index is 11.3. The Bertz CT molecular complexity index is 213. The lowest BCUT2D eigenvalue weighted by Crippen LogP contribution is -2.48. The largest absolute Gasteiger partial charge is 0.391 e. The summed E-state index contributed by atoms with van der Waals surface area (Å²) >= 11 is 0. The van der Waals surface area contributed by atoms with Crippen molar-refractivity contribution in [3.05, 3.63) is 0 Å². The fourth-order valence-electron chi connectivity index (χ4n) is 1.02. The van der Waals surface area contributed by atoms with Gasteiger partial charge in [-0.15, -0.1) is 0 Å². The number of hydrogen-bond acceptors (Lipinski definition) is 3. The smallest absolute Gasteiger partial charge is 0.223 e. The van der Waals surface area contributed by atoms with Gasteiger partial charge in [-0.1, -0.05) is 20.8 Å². The number of carbonyl (C=O) groups is 2. The molecule has 0 aliphatic heterocycles. The zero-order chi connectivity index (χ0) is 11.3. The van der Waals surface area contributed by atoms with E-state index >= 15 is 0 Å². The third kappa shape index (κ3) is 3.87. The Morgan fingerprint density at radius 2 is 1.86 bits per heavy atom. The molecule has 4 heteroatoms. The number of Topliss-reactive ketones (excluding diaryl/α,β-unsaturated/α-hetero) is 1. The van der Waals surface area contributed by atoms with Crippen molar-refractivity contribution in [2.24, 2.45) is 5.92 Å². The fourth-order valence-corrected chi connectivity index (χ4v) is 1.02. The van der Waals surface area contributed by atoms with Crippen LogP contribution in [0.5, 0.6) is 0 Å². The van der Waals surface area contributed by atoms with E-state index in [1.807, 2.05) is 0 Å². The van der Waals surface area contributed by atoms with Gasteiger partial charge in [-0.25, -0.2) is 0 Å². The molecule has 0 saturated carbocycles. The Kier molecular flexibility index (Phi) is 5.38. The predicted octanol–water partition coefficient (Wildman–Crippen LogP) is 0.487. The molecule has 0 rings (SSSR count). The number of aliphatic hydroxyl groups is 1. The van der Waals surface area contributed by atoms with Crippen molar-refractivity contribution in [2.75, 3.05) is 0 Å². The van der Waals surface area contributed by atoms with Gasteiger partial charge in [-0.3, -0.25) is 9.59 Å². The van der Waals surface area contributed by atoms with Crippen LogP contribution >= 0.6 is 0 Å². The first-order valence-electron chi connectivity index (χ1n) is 4.89. The molecule has 82 valence electrons. The molecular weight excluding hydrogens is 182 g/mol. The normalized spacial score (nSPS) is 15.0. The van der Waals surface area contributed by atoms with Gasteiger partial charge in [0.2, 0.25) is 5.91 Å². The molecule has 2 atom stereocenters. The van der Waals surface area contributed by atoms with Gasteiger partial charge in [0.05, 0.1) is 6.10 Å². The van der Waals surface area contributed by atoms with Crippen LogP contribution < -0.4 is 5.32 Å². The van der Waals surface area contributed by atoms with Gasteiger partial charge in [0.15, 0.2) is 5.78 Å². The van der Waals surface area contributed by atoms with Crippen LogP contribution in [0, 0.1) is 5.92 Å². The van der Waals surface area contributed by atoms with E-state index in [1.165, 1.54) is 6.92 Å². The van der Waals surface area contributed by atoms with Crippen LogP contribution in [-0.4, -0.2) is 28.9 Å². The fraction of sp³-hybridized carbons (Fsp3) is 0.800. The Morgan fingerprint density at radius 1 is 1.36 bits per heavy atom. The third-order valence-electron chi connectivity index (χ3n) is 2.06. The van der Waals surface area contributed by atoms with Gasteiger partial charge >= 0.3 is 0 Å². The number of ketones is 1. The summed E-state index contributed by atoms with van der Waals surface area (Å²) in [5.74, 6) is -0.605. The van der Waals surface area contributed by atoms with E-state index < -0.39 is 12.1 Å². The molecule has 0 fully saturated rings. The molecule has 0 saturated heterocycles.